The minimum atomic E-state index is -0.986. The van der Waals surface area contributed by atoms with Crippen LogP contribution in [0.4, 0.5) is 0 Å². The second kappa shape index (κ2) is 15.8. The zero-order valence-electron chi connectivity index (χ0n) is 19.0. The van der Waals surface area contributed by atoms with Gasteiger partial charge in [-0.3, -0.25) is 19.2 Å². The molecule has 9 nitrogen and oxygen atoms in total. The quantitative estimate of drug-likeness (QED) is 0.445. The third-order valence-electron chi connectivity index (χ3n) is 4.31. The summed E-state index contributed by atoms with van der Waals surface area (Å²) in [5, 5.41) is 5.29. The number of methoxy groups -OCH3 is 2. The van der Waals surface area contributed by atoms with Crippen LogP contribution in [0.1, 0.15) is 50.7 Å². The predicted octanol–water partition coefficient (Wildman–Crippen LogP) is 1.36. The summed E-state index contributed by atoms with van der Waals surface area (Å²) in [5.41, 5.74) is 7.79. The molecule has 1 aromatic carbocycles. The highest BCUT2D eigenvalue weighted by atomic mass is 16.5. The number of hydrogen-bond acceptors (Lipinski definition) is 7. The topological polar surface area (TPSA) is 137 Å². The first-order valence-electron chi connectivity index (χ1n) is 10.3. The molecule has 0 saturated carbocycles. The van der Waals surface area contributed by atoms with E-state index < -0.39 is 35.8 Å². The van der Waals surface area contributed by atoms with Gasteiger partial charge >= 0.3 is 11.9 Å². The van der Waals surface area contributed by atoms with Crippen molar-refractivity contribution < 1.29 is 28.7 Å². The Morgan fingerprint density at radius 3 is 1.94 bits per heavy atom. The number of aryl methyl sites for hydroxylation is 1. The summed E-state index contributed by atoms with van der Waals surface area (Å²) in [7, 11) is 2.49. The third kappa shape index (κ3) is 11.7. The molecule has 0 aliphatic heterocycles. The van der Waals surface area contributed by atoms with Gasteiger partial charge in [-0.2, -0.15) is 0 Å². The SMILES string of the molecule is CC.COC(=O)CCC(N)C(=O)NC(CCC(=O)OC)C(=O)NCc1ccc(C)cc1. The van der Waals surface area contributed by atoms with Crippen LogP contribution in [0.3, 0.4) is 0 Å². The van der Waals surface area contributed by atoms with Gasteiger partial charge in [-0.1, -0.05) is 43.7 Å². The van der Waals surface area contributed by atoms with Crippen molar-refractivity contribution in [3.05, 3.63) is 35.4 Å². The molecule has 1 aromatic rings. The van der Waals surface area contributed by atoms with E-state index in [1.165, 1.54) is 14.2 Å². The molecule has 0 aromatic heterocycles. The number of ether oxygens (including phenoxy) is 2. The summed E-state index contributed by atoms with van der Waals surface area (Å²) in [6, 6.07) is 5.69. The van der Waals surface area contributed by atoms with Gasteiger partial charge in [-0.15, -0.1) is 0 Å². The molecule has 9 heteroatoms. The molecule has 0 spiro atoms. The van der Waals surface area contributed by atoms with Gasteiger partial charge in [0.2, 0.25) is 11.8 Å². The van der Waals surface area contributed by atoms with E-state index in [-0.39, 0.29) is 32.2 Å². The van der Waals surface area contributed by atoms with Crippen molar-refractivity contribution in [1.29, 1.82) is 0 Å². The Bertz CT molecular complexity index is 706. The maximum Gasteiger partial charge on any atom is 0.305 e. The molecular weight excluding hydrogens is 402 g/mol. The van der Waals surface area contributed by atoms with Gasteiger partial charge in [0.1, 0.15) is 6.04 Å². The lowest BCUT2D eigenvalue weighted by molar-refractivity contribution is -0.142. The molecule has 4 N–H and O–H groups in total. The minimum absolute atomic E-state index is 0.0163. The van der Waals surface area contributed by atoms with Gasteiger partial charge in [0.05, 0.1) is 20.3 Å². The van der Waals surface area contributed by atoms with Crippen LogP contribution in [0.15, 0.2) is 24.3 Å². The van der Waals surface area contributed by atoms with Crippen LogP contribution in [-0.4, -0.2) is 50.1 Å². The normalized spacial score (nSPS) is 11.8. The molecule has 2 atom stereocenters. The lowest BCUT2D eigenvalue weighted by Gasteiger charge is -2.20. The van der Waals surface area contributed by atoms with E-state index in [9.17, 15) is 19.2 Å². The van der Waals surface area contributed by atoms with Crippen LogP contribution < -0.4 is 16.4 Å². The first-order valence-corrected chi connectivity index (χ1v) is 10.3. The second-order valence-corrected chi connectivity index (χ2v) is 6.60. The van der Waals surface area contributed by atoms with Crippen molar-refractivity contribution >= 4 is 23.8 Å². The Labute approximate surface area is 184 Å². The Morgan fingerprint density at radius 1 is 0.903 bits per heavy atom. The highest BCUT2D eigenvalue weighted by Gasteiger charge is 2.25. The number of amides is 2. The molecule has 174 valence electrons. The van der Waals surface area contributed by atoms with Crippen molar-refractivity contribution in [2.75, 3.05) is 14.2 Å². The van der Waals surface area contributed by atoms with Crippen molar-refractivity contribution in [2.24, 2.45) is 5.73 Å². The molecule has 1 rings (SSSR count). The summed E-state index contributed by atoms with van der Waals surface area (Å²) in [4.78, 5) is 47.5. The average molecular weight is 438 g/mol. The van der Waals surface area contributed by atoms with Crippen LogP contribution in [0.25, 0.3) is 0 Å². The fourth-order valence-corrected chi connectivity index (χ4v) is 2.44. The van der Waals surface area contributed by atoms with Gasteiger partial charge in [-0.05, 0) is 25.3 Å². The van der Waals surface area contributed by atoms with Crippen LogP contribution in [-0.2, 0) is 35.2 Å². The average Bonchev–Trinajstić information content (AvgIpc) is 2.79. The molecule has 0 saturated heterocycles. The summed E-state index contributed by atoms with van der Waals surface area (Å²) in [6.07, 6.45) is 0.0728. The van der Waals surface area contributed by atoms with Crippen LogP contribution >= 0.6 is 0 Å². The number of nitrogens with two attached hydrogens (primary N) is 1. The van der Waals surface area contributed by atoms with E-state index in [1.54, 1.807) is 0 Å². The molecule has 2 amide bonds. The summed E-state index contributed by atoms with van der Waals surface area (Å²) < 4.78 is 9.11. The number of carbonyl (C=O) groups excluding carboxylic acids is 4. The maximum absolute atomic E-state index is 12.6. The van der Waals surface area contributed by atoms with Crippen LogP contribution in [0.5, 0.6) is 0 Å². The zero-order valence-corrected chi connectivity index (χ0v) is 19.0. The van der Waals surface area contributed by atoms with Gasteiger partial charge in [0.25, 0.3) is 0 Å². The number of benzene rings is 1. The number of nitrogens with one attached hydrogen (secondary N) is 2. The molecule has 0 aliphatic carbocycles. The van der Waals surface area contributed by atoms with E-state index in [0.717, 1.165) is 11.1 Å². The Balaban J connectivity index is 0.00000436. The van der Waals surface area contributed by atoms with Crippen molar-refractivity contribution in [2.45, 2.75) is 65.1 Å². The maximum atomic E-state index is 12.6. The van der Waals surface area contributed by atoms with Gasteiger partial charge in [0, 0.05) is 19.4 Å². The molecule has 2 unspecified atom stereocenters. The van der Waals surface area contributed by atoms with Crippen LogP contribution in [0, 0.1) is 6.92 Å². The van der Waals surface area contributed by atoms with Gasteiger partial charge < -0.3 is 25.8 Å². The standard InChI is InChI=1S/C20H29N3O6.C2H6/c1-13-4-6-14(7-5-13)12-22-20(27)16(9-11-18(25)29-3)23-19(26)15(21)8-10-17(24)28-2;1-2/h4-7,15-16H,8-12,21H2,1-3H3,(H,22,27)(H,23,26);1-2H3. The van der Waals surface area contributed by atoms with Crippen molar-refractivity contribution in [1.82, 2.24) is 10.6 Å². The minimum Gasteiger partial charge on any atom is -0.469 e. The molecule has 0 aliphatic rings. The largest absolute Gasteiger partial charge is 0.469 e. The molecule has 0 heterocycles. The van der Waals surface area contributed by atoms with Crippen LogP contribution in [0.2, 0.25) is 0 Å². The van der Waals surface area contributed by atoms with Gasteiger partial charge in [-0.25, -0.2) is 0 Å². The Kier molecular flexibility index (Phi) is 14.3. The smallest absolute Gasteiger partial charge is 0.305 e. The van der Waals surface area contributed by atoms with E-state index in [2.05, 4.69) is 20.1 Å². The molecule has 0 fully saturated rings. The predicted molar refractivity (Wildman–Crippen MR) is 117 cm³/mol. The molecule has 0 bridgehead atoms. The van der Waals surface area contributed by atoms with Gasteiger partial charge in [0.15, 0.2) is 0 Å². The van der Waals surface area contributed by atoms with E-state index >= 15 is 0 Å². The van der Waals surface area contributed by atoms with E-state index in [1.807, 2.05) is 45.0 Å². The summed E-state index contributed by atoms with van der Waals surface area (Å²) >= 11 is 0. The fourth-order valence-electron chi connectivity index (χ4n) is 2.44. The Morgan fingerprint density at radius 2 is 1.42 bits per heavy atom. The molecule has 31 heavy (non-hydrogen) atoms. The lowest BCUT2D eigenvalue weighted by atomic mass is 10.1. The molecular formula is C22H35N3O6. The van der Waals surface area contributed by atoms with Crippen molar-refractivity contribution in [3.63, 3.8) is 0 Å². The Hall–Kier alpha value is -2.94. The molecule has 0 radical (unpaired) electrons. The first kappa shape index (κ1) is 28.1. The monoisotopic (exact) mass is 437 g/mol. The fraction of sp³-hybridized carbons (Fsp3) is 0.545. The van der Waals surface area contributed by atoms with E-state index in [0.29, 0.717) is 0 Å². The number of esters is 2. The highest BCUT2D eigenvalue weighted by Crippen LogP contribution is 2.05. The lowest BCUT2D eigenvalue weighted by Crippen LogP contribution is -2.51. The summed E-state index contributed by atoms with van der Waals surface area (Å²) in [5.74, 6) is -2.01. The first-order chi connectivity index (χ1) is 14.8. The number of hydrogen-bond donors (Lipinski definition) is 3. The third-order valence-corrected chi connectivity index (χ3v) is 4.31. The number of carbonyl (C=O) groups is 4. The summed E-state index contributed by atoms with van der Waals surface area (Å²) in [6.45, 7) is 6.24. The zero-order chi connectivity index (χ0) is 23.8. The number of rotatable bonds is 11. The van der Waals surface area contributed by atoms with Crippen molar-refractivity contribution in [3.8, 4) is 0 Å². The second-order valence-electron chi connectivity index (χ2n) is 6.60. The highest BCUT2D eigenvalue weighted by molar-refractivity contribution is 5.90. The van der Waals surface area contributed by atoms with E-state index in [4.69, 9.17) is 5.73 Å².